The number of nitrogens with two attached hydrogens (primary N) is 2. The van der Waals surface area contributed by atoms with Crippen LogP contribution >= 0.6 is 11.3 Å². The summed E-state index contributed by atoms with van der Waals surface area (Å²) in [5, 5.41) is 4.05. The van der Waals surface area contributed by atoms with Gasteiger partial charge in [-0.2, -0.15) is 0 Å². The summed E-state index contributed by atoms with van der Waals surface area (Å²) in [7, 11) is 0. The van der Waals surface area contributed by atoms with E-state index in [2.05, 4.69) is 27.3 Å². The molecule has 3 aromatic rings. The Kier molecular flexibility index (Phi) is 5.66. The first-order valence-electron chi connectivity index (χ1n) is 12.5. The number of rotatable bonds is 3. The van der Waals surface area contributed by atoms with Crippen LogP contribution < -0.4 is 21.7 Å². The monoisotopic (exact) mass is 492 g/mol. The third-order valence-electron chi connectivity index (χ3n) is 7.78. The van der Waals surface area contributed by atoms with Gasteiger partial charge in [-0.3, -0.25) is 4.79 Å². The lowest BCUT2D eigenvalue weighted by Gasteiger charge is -2.36. The summed E-state index contributed by atoms with van der Waals surface area (Å²) >= 11 is 1.36. The summed E-state index contributed by atoms with van der Waals surface area (Å²) in [5.74, 6) is 0.860. The van der Waals surface area contributed by atoms with E-state index in [4.69, 9.17) is 21.2 Å². The van der Waals surface area contributed by atoms with Crippen LogP contribution in [0.5, 0.6) is 0 Å². The maximum Gasteiger partial charge on any atom is 0.263 e. The van der Waals surface area contributed by atoms with Gasteiger partial charge < -0.3 is 26.4 Å². The molecule has 5 N–H and O–H groups in total. The van der Waals surface area contributed by atoms with Crippen LogP contribution in [0.1, 0.15) is 52.3 Å². The number of nitrogens with one attached hydrogen (secondary N) is 1. The Balaban J connectivity index is 1.14. The Hall–Kier alpha value is -2.75. The van der Waals surface area contributed by atoms with E-state index in [1.54, 1.807) is 0 Å². The van der Waals surface area contributed by atoms with E-state index in [9.17, 15) is 4.79 Å². The van der Waals surface area contributed by atoms with Gasteiger partial charge in [0.25, 0.3) is 5.91 Å². The summed E-state index contributed by atoms with van der Waals surface area (Å²) in [5.41, 5.74) is 16.3. The fourth-order valence-corrected chi connectivity index (χ4v) is 6.82. The van der Waals surface area contributed by atoms with Crippen LogP contribution in [0.2, 0.25) is 0 Å². The lowest BCUT2D eigenvalue weighted by Crippen LogP contribution is -2.51. The van der Waals surface area contributed by atoms with Gasteiger partial charge in [-0.05, 0) is 69.2 Å². The van der Waals surface area contributed by atoms with Gasteiger partial charge >= 0.3 is 0 Å². The van der Waals surface area contributed by atoms with Crippen molar-refractivity contribution in [3.63, 3.8) is 0 Å². The van der Waals surface area contributed by atoms with Crippen molar-refractivity contribution in [2.24, 2.45) is 5.73 Å². The number of hydrogen-bond donors (Lipinski definition) is 3. The van der Waals surface area contributed by atoms with Gasteiger partial charge in [-0.1, -0.05) is 6.07 Å². The van der Waals surface area contributed by atoms with Gasteiger partial charge in [-0.25, -0.2) is 9.97 Å². The van der Waals surface area contributed by atoms with Crippen molar-refractivity contribution in [1.82, 2.24) is 15.3 Å². The molecule has 0 aromatic carbocycles. The van der Waals surface area contributed by atoms with Crippen molar-refractivity contribution in [3.8, 4) is 0 Å². The molecular weight excluding hydrogens is 460 g/mol. The molecule has 9 heteroatoms. The summed E-state index contributed by atoms with van der Waals surface area (Å²) in [6.45, 7) is 4.32. The van der Waals surface area contributed by atoms with Gasteiger partial charge in [0, 0.05) is 36.0 Å². The second kappa shape index (κ2) is 8.72. The largest absolute Gasteiger partial charge is 0.397 e. The molecule has 1 spiro atoms. The van der Waals surface area contributed by atoms with E-state index >= 15 is 0 Å². The van der Waals surface area contributed by atoms with Crippen molar-refractivity contribution in [2.45, 2.75) is 63.1 Å². The molecule has 1 aliphatic carbocycles. The summed E-state index contributed by atoms with van der Waals surface area (Å²) in [6, 6.07) is 8.19. The molecule has 2 aliphatic heterocycles. The highest BCUT2D eigenvalue weighted by molar-refractivity contribution is 7.21. The quantitative estimate of drug-likeness (QED) is 0.514. The number of aryl methyl sites for hydroxylation is 2. The zero-order chi connectivity index (χ0) is 24.2. The lowest BCUT2D eigenvalue weighted by molar-refractivity contribution is -0.0717. The Morgan fingerprint density at radius 2 is 2.14 bits per heavy atom. The Labute approximate surface area is 209 Å². The fraction of sp³-hybridized carbons (Fsp3) is 0.500. The van der Waals surface area contributed by atoms with Crippen LogP contribution in [0.3, 0.4) is 0 Å². The lowest BCUT2D eigenvalue weighted by atomic mass is 9.89. The van der Waals surface area contributed by atoms with E-state index in [-0.39, 0.29) is 23.6 Å². The number of carbonyl (C=O) groups excluding carboxylic acids is 1. The second-order valence-corrected chi connectivity index (χ2v) is 11.2. The molecule has 8 nitrogen and oxygen atoms in total. The SMILES string of the molecule is Cc1ccc2c(N)c(C(=O)N[C@H]3CCc4nc(N5C[C@H](N)C6(CCCCO6)C5)ccc4C3)sc2n1. The Bertz CT molecular complexity index is 1280. The maximum atomic E-state index is 13.1. The molecule has 1 unspecified atom stereocenters. The van der Waals surface area contributed by atoms with Gasteiger partial charge in [-0.15, -0.1) is 11.3 Å². The number of pyridine rings is 2. The Morgan fingerprint density at radius 1 is 1.26 bits per heavy atom. The molecule has 3 aromatic heterocycles. The van der Waals surface area contributed by atoms with Gasteiger partial charge in [0.1, 0.15) is 21.1 Å². The topological polar surface area (TPSA) is 119 Å². The smallest absolute Gasteiger partial charge is 0.263 e. The number of thiophene rings is 1. The summed E-state index contributed by atoms with van der Waals surface area (Å²) in [4.78, 5) is 26.2. The molecule has 0 radical (unpaired) electrons. The standard InChI is InChI=1S/C26H32N6O2S/c1-15-4-7-18-22(28)23(35-25(18)29-15)24(33)30-17-6-8-19-16(12-17)5-9-21(31-19)32-13-20(27)26(14-32)10-2-3-11-34-26/h4-5,7,9,17,20H,2-3,6,8,10-14,27-28H2,1H3,(H,30,33)/t17-,20-,26?/m0/s1. The van der Waals surface area contributed by atoms with Crippen molar-refractivity contribution in [1.29, 1.82) is 0 Å². The Morgan fingerprint density at radius 3 is 2.97 bits per heavy atom. The predicted molar refractivity (Wildman–Crippen MR) is 139 cm³/mol. The summed E-state index contributed by atoms with van der Waals surface area (Å²) < 4.78 is 6.18. The maximum absolute atomic E-state index is 13.1. The van der Waals surface area contributed by atoms with Gasteiger partial charge in [0.2, 0.25) is 0 Å². The highest BCUT2D eigenvalue weighted by Crippen LogP contribution is 2.36. The normalized spacial score (nSPS) is 26.3. The molecule has 1 amide bonds. The number of aromatic nitrogens is 2. The fourth-order valence-electron chi connectivity index (χ4n) is 5.78. The number of nitrogens with zero attached hydrogens (tertiary/aromatic N) is 3. The first-order valence-corrected chi connectivity index (χ1v) is 13.3. The third kappa shape index (κ3) is 4.05. The van der Waals surface area contributed by atoms with Crippen LogP contribution in [0.25, 0.3) is 10.2 Å². The van der Waals surface area contributed by atoms with Crippen molar-refractivity contribution >= 4 is 39.0 Å². The van der Waals surface area contributed by atoms with Crippen molar-refractivity contribution < 1.29 is 9.53 Å². The molecule has 0 bridgehead atoms. The molecule has 184 valence electrons. The molecule has 35 heavy (non-hydrogen) atoms. The average Bonchev–Trinajstić information content (AvgIpc) is 3.35. The number of fused-ring (bicyclic) bond motifs is 2. The molecule has 3 atom stereocenters. The van der Waals surface area contributed by atoms with Crippen LogP contribution in [0.15, 0.2) is 24.3 Å². The van der Waals surface area contributed by atoms with E-state index < -0.39 is 0 Å². The van der Waals surface area contributed by atoms with Gasteiger partial charge in [0.05, 0.1) is 18.3 Å². The van der Waals surface area contributed by atoms with E-state index in [0.29, 0.717) is 10.6 Å². The van der Waals surface area contributed by atoms with Crippen LogP contribution in [-0.2, 0) is 17.6 Å². The highest BCUT2D eigenvalue weighted by Gasteiger charge is 2.47. The van der Waals surface area contributed by atoms with Crippen molar-refractivity contribution in [3.05, 3.63) is 46.1 Å². The number of hydrogen-bond acceptors (Lipinski definition) is 8. The number of amides is 1. The van der Waals surface area contributed by atoms with Gasteiger partial charge in [0.15, 0.2) is 0 Å². The number of ether oxygens (including phenoxy) is 1. The molecule has 6 rings (SSSR count). The molecule has 3 aliphatic rings. The minimum absolute atomic E-state index is 0.0145. The molecule has 0 saturated carbocycles. The second-order valence-electron chi connectivity index (χ2n) is 10.2. The highest BCUT2D eigenvalue weighted by atomic mass is 32.1. The zero-order valence-corrected chi connectivity index (χ0v) is 20.9. The van der Waals surface area contributed by atoms with Crippen molar-refractivity contribution in [2.75, 3.05) is 30.3 Å². The molecule has 2 fully saturated rings. The van der Waals surface area contributed by atoms with Crippen LogP contribution in [0, 0.1) is 6.92 Å². The number of anilines is 2. The van der Waals surface area contributed by atoms with E-state index in [1.165, 1.54) is 23.3 Å². The minimum atomic E-state index is -0.228. The number of carbonyl (C=O) groups is 1. The first kappa shape index (κ1) is 22.7. The van der Waals surface area contributed by atoms with Crippen LogP contribution in [-0.4, -0.2) is 53.3 Å². The number of nitrogen functional groups attached to an aromatic ring is 1. The average molecular weight is 493 g/mol. The molecule has 5 heterocycles. The van der Waals surface area contributed by atoms with Crippen LogP contribution in [0.4, 0.5) is 11.5 Å². The summed E-state index contributed by atoms with van der Waals surface area (Å²) in [6.07, 6.45) is 5.77. The predicted octanol–water partition coefficient (Wildman–Crippen LogP) is 2.96. The third-order valence-corrected chi connectivity index (χ3v) is 8.90. The first-order chi connectivity index (χ1) is 16.9. The molecule has 2 saturated heterocycles. The van der Waals surface area contributed by atoms with E-state index in [1.807, 2.05) is 19.1 Å². The zero-order valence-electron chi connectivity index (χ0n) is 20.0. The molecular formula is C26H32N6O2S. The van der Waals surface area contributed by atoms with E-state index in [0.717, 1.165) is 79.2 Å². The minimum Gasteiger partial charge on any atom is -0.397 e.